The highest BCUT2D eigenvalue weighted by Gasteiger charge is 2.12. The molecule has 3 rings (SSSR count). The molecule has 0 amide bonds. The van der Waals surface area contributed by atoms with Gasteiger partial charge in [0.1, 0.15) is 5.75 Å². The van der Waals surface area contributed by atoms with Crippen LogP contribution in [-0.2, 0) is 12.8 Å². The Morgan fingerprint density at radius 1 is 1.12 bits per heavy atom. The second-order valence-corrected chi connectivity index (χ2v) is 4.28. The summed E-state index contributed by atoms with van der Waals surface area (Å²) in [5.74, 6) is 1.29. The Balaban J connectivity index is 1.89. The second kappa shape index (κ2) is 4.09. The molecule has 3 nitrogen and oxygen atoms in total. The number of aryl methyl sites for hydroxylation is 2. The third kappa shape index (κ3) is 1.96. The Hall–Kier alpha value is -2.03. The number of nitrogens with two attached hydrogens (primary N) is 1. The molecule has 1 aliphatic rings. The molecule has 2 N–H and O–H groups in total. The van der Waals surface area contributed by atoms with Crippen molar-refractivity contribution in [2.45, 2.75) is 19.3 Å². The van der Waals surface area contributed by atoms with Crippen molar-refractivity contribution in [3.05, 3.63) is 47.7 Å². The van der Waals surface area contributed by atoms with Gasteiger partial charge in [-0.2, -0.15) is 0 Å². The van der Waals surface area contributed by atoms with Crippen molar-refractivity contribution in [3.8, 4) is 11.6 Å². The predicted molar refractivity (Wildman–Crippen MR) is 67.2 cm³/mol. The molecule has 1 heterocycles. The number of aromatic nitrogens is 1. The number of ether oxygens (including phenoxy) is 1. The summed E-state index contributed by atoms with van der Waals surface area (Å²) in [6.07, 6.45) is 5.25. The minimum atomic E-state index is 0.477. The molecule has 2 aromatic rings. The molecule has 1 aromatic carbocycles. The van der Waals surface area contributed by atoms with E-state index in [0.717, 1.165) is 12.2 Å². The fourth-order valence-electron chi connectivity index (χ4n) is 2.21. The second-order valence-electron chi connectivity index (χ2n) is 4.28. The van der Waals surface area contributed by atoms with Gasteiger partial charge in [0.05, 0.1) is 5.69 Å². The molecule has 0 spiro atoms. The van der Waals surface area contributed by atoms with E-state index in [1.54, 1.807) is 18.3 Å². The molecule has 1 aromatic heterocycles. The van der Waals surface area contributed by atoms with Gasteiger partial charge in [-0.1, -0.05) is 6.07 Å². The predicted octanol–water partition coefficient (Wildman–Crippen LogP) is 2.94. The van der Waals surface area contributed by atoms with Crippen molar-refractivity contribution >= 4 is 5.69 Å². The van der Waals surface area contributed by atoms with Gasteiger partial charge in [0.2, 0.25) is 5.88 Å². The standard InChI is InChI=1S/C14H14N2O/c15-13-5-2-8-16-14(13)17-12-7-6-10-3-1-4-11(10)9-12/h2,5-9H,1,3-4,15H2. The van der Waals surface area contributed by atoms with E-state index >= 15 is 0 Å². The van der Waals surface area contributed by atoms with E-state index in [1.807, 2.05) is 6.07 Å². The average Bonchev–Trinajstić information content (AvgIpc) is 2.79. The molecular formula is C14H14N2O. The molecule has 0 bridgehead atoms. The first kappa shape index (κ1) is 10.1. The van der Waals surface area contributed by atoms with Crippen molar-refractivity contribution in [2.75, 3.05) is 5.73 Å². The maximum Gasteiger partial charge on any atom is 0.242 e. The number of fused-ring (bicyclic) bond motifs is 1. The maximum absolute atomic E-state index is 5.79. The summed E-state index contributed by atoms with van der Waals surface area (Å²) in [5, 5.41) is 0. The van der Waals surface area contributed by atoms with Crippen LogP contribution in [0.2, 0.25) is 0 Å². The number of nitrogens with zero attached hydrogens (tertiary/aromatic N) is 1. The first-order chi connectivity index (χ1) is 8.33. The summed E-state index contributed by atoms with van der Waals surface area (Å²) >= 11 is 0. The van der Waals surface area contributed by atoms with Gasteiger partial charge in [0, 0.05) is 6.20 Å². The normalized spacial score (nSPS) is 13.4. The molecule has 0 aliphatic heterocycles. The van der Waals surface area contributed by atoms with Crippen molar-refractivity contribution in [2.24, 2.45) is 0 Å². The molecule has 17 heavy (non-hydrogen) atoms. The van der Waals surface area contributed by atoms with Gasteiger partial charge in [0.25, 0.3) is 0 Å². The first-order valence-electron chi connectivity index (χ1n) is 5.83. The topological polar surface area (TPSA) is 48.1 Å². The average molecular weight is 226 g/mol. The summed E-state index contributed by atoms with van der Waals surface area (Å²) in [7, 11) is 0. The number of hydrogen-bond acceptors (Lipinski definition) is 3. The molecule has 0 atom stereocenters. The Labute approximate surface area is 100 Å². The van der Waals surface area contributed by atoms with Crippen LogP contribution in [0.4, 0.5) is 5.69 Å². The van der Waals surface area contributed by atoms with Crippen LogP contribution >= 0.6 is 0 Å². The summed E-state index contributed by atoms with van der Waals surface area (Å²) in [6.45, 7) is 0. The molecule has 0 saturated heterocycles. The van der Waals surface area contributed by atoms with Crippen LogP contribution in [-0.4, -0.2) is 4.98 Å². The number of nitrogen functional groups attached to an aromatic ring is 1. The third-order valence-corrected chi connectivity index (χ3v) is 3.09. The summed E-state index contributed by atoms with van der Waals surface area (Å²) < 4.78 is 5.70. The van der Waals surface area contributed by atoms with Crippen LogP contribution in [0, 0.1) is 0 Å². The summed E-state index contributed by atoms with van der Waals surface area (Å²) in [6, 6.07) is 9.80. The molecule has 86 valence electrons. The Bertz CT molecular complexity index is 552. The van der Waals surface area contributed by atoms with E-state index in [0.29, 0.717) is 11.6 Å². The van der Waals surface area contributed by atoms with Gasteiger partial charge in [-0.15, -0.1) is 0 Å². The number of rotatable bonds is 2. The fourth-order valence-corrected chi connectivity index (χ4v) is 2.21. The zero-order valence-electron chi connectivity index (χ0n) is 9.52. The lowest BCUT2D eigenvalue weighted by atomic mass is 10.1. The number of benzene rings is 1. The van der Waals surface area contributed by atoms with E-state index in [9.17, 15) is 0 Å². The van der Waals surface area contributed by atoms with E-state index in [2.05, 4.69) is 17.1 Å². The smallest absolute Gasteiger partial charge is 0.242 e. The Kier molecular flexibility index (Phi) is 2.44. The van der Waals surface area contributed by atoms with E-state index in [1.165, 1.54) is 24.0 Å². The quantitative estimate of drug-likeness (QED) is 0.856. The van der Waals surface area contributed by atoms with Gasteiger partial charge < -0.3 is 10.5 Å². The highest BCUT2D eigenvalue weighted by Crippen LogP contribution is 2.29. The Morgan fingerprint density at radius 3 is 2.88 bits per heavy atom. The van der Waals surface area contributed by atoms with Crippen LogP contribution in [0.3, 0.4) is 0 Å². The number of pyridine rings is 1. The third-order valence-electron chi connectivity index (χ3n) is 3.09. The highest BCUT2D eigenvalue weighted by atomic mass is 16.5. The Morgan fingerprint density at radius 2 is 2.00 bits per heavy atom. The van der Waals surface area contributed by atoms with Gasteiger partial charge in [-0.25, -0.2) is 4.98 Å². The lowest BCUT2D eigenvalue weighted by molar-refractivity contribution is 0.465. The molecule has 0 fully saturated rings. The van der Waals surface area contributed by atoms with Crippen molar-refractivity contribution in [3.63, 3.8) is 0 Å². The largest absolute Gasteiger partial charge is 0.437 e. The van der Waals surface area contributed by atoms with Crippen LogP contribution in [0.5, 0.6) is 11.6 Å². The van der Waals surface area contributed by atoms with Crippen molar-refractivity contribution < 1.29 is 4.74 Å². The van der Waals surface area contributed by atoms with Crippen LogP contribution in [0.15, 0.2) is 36.5 Å². The minimum absolute atomic E-state index is 0.477. The molecule has 0 radical (unpaired) electrons. The molecule has 3 heteroatoms. The van der Waals surface area contributed by atoms with Gasteiger partial charge in [-0.05, 0) is 54.7 Å². The van der Waals surface area contributed by atoms with E-state index in [-0.39, 0.29) is 0 Å². The monoisotopic (exact) mass is 226 g/mol. The van der Waals surface area contributed by atoms with Crippen LogP contribution < -0.4 is 10.5 Å². The SMILES string of the molecule is Nc1cccnc1Oc1ccc2c(c1)CCC2. The fraction of sp³-hybridized carbons (Fsp3) is 0.214. The number of anilines is 1. The molecular weight excluding hydrogens is 212 g/mol. The zero-order valence-corrected chi connectivity index (χ0v) is 9.52. The van der Waals surface area contributed by atoms with E-state index < -0.39 is 0 Å². The molecule has 0 saturated carbocycles. The summed E-state index contributed by atoms with van der Waals surface area (Å²) in [4.78, 5) is 4.12. The molecule has 1 aliphatic carbocycles. The van der Waals surface area contributed by atoms with Crippen LogP contribution in [0.25, 0.3) is 0 Å². The van der Waals surface area contributed by atoms with Gasteiger partial charge in [-0.3, -0.25) is 0 Å². The lowest BCUT2D eigenvalue weighted by Gasteiger charge is -2.08. The summed E-state index contributed by atoms with van der Waals surface area (Å²) in [5.41, 5.74) is 9.18. The first-order valence-corrected chi connectivity index (χ1v) is 5.83. The zero-order chi connectivity index (χ0) is 11.7. The lowest BCUT2D eigenvalue weighted by Crippen LogP contribution is -1.94. The minimum Gasteiger partial charge on any atom is -0.437 e. The van der Waals surface area contributed by atoms with Crippen LogP contribution in [0.1, 0.15) is 17.5 Å². The highest BCUT2D eigenvalue weighted by molar-refractivity contribution is 5.49. The van der Waals surface area contributed by atoms with Gasteiger partial charge >= 0.3 is 0 Å². The van der Waals surface area contributed by atoms with Gasteiger partial charge in [0.15, 0.2) is 0 Å². The van der Waals surface area contributed by atoms with Crippen molar-refractivity contribution in [1.82, 2.24) is 4.98 Å². The number of hydrogen-bond donors (Lipinski definition) is 1. The maximum atomic E-state index is 5.79. The van der Waals surface area contributed by atoms with E-state index in [4.69, 9.17) is 10.5 Å². The van der Waals surface area contributed by atoms with Crippen molar-refractivity contribution in [1.29, 1.82) is 0 Å². The molecule has 0 unspecified atom stereocenters.